The minimum absolute atomic E-state index is 0.0709. The van der Waals surface area contributed by atoms with E-state index in [1.165, 1.54) is 12.1 Å². The molecule has 0 aliphatic carbocycles. The monoisotopic (exact) mass is 345 g/mol. The van der Waals surface area contributed by atoms with E-state index in [0.29, 0.717) is 0 Å². The number of carbonyl (C=O) groups excluding carboxylic acids is 1. The fourth-order valence-corrected chi connectivity index (χ4v) is 2.47. The molecule has 8 heteroatoms. The molecule has 2 aromatic rings. The predicted octanol–water partition coefficient (Wildman–Crippen LogP) is 3.26. The highest BCUT2D eigenvalue weighted by molar-refractivity contribution is 6.32. The fraction of sp³-hybridized carbons (Fsp3) is 0.333. The predicted molar refractivity (Wildman–Crippen MR) is 79.9 cm³/mol. The van der Waals surface area contributed by atoms with Crippen molar-refractivity contribution in [2.24, 2.45) is 7.05 Å². The van der Waals surface area contributed by atoms with Crippen molar-refractivity contribution in [3.8, 4) is 0 Å². The number of carbonyl (C=O) groups is 1. The number of benzene rings is 1. The second-order valence-corrected chi connectivity index (χ2v) is 5.51. The molecule has 0 aliphatic heterocycles. The lowest BCUT2D eigenvalue weighted by Gasteiger charge is -2.13. The maximum absolute atomic E-state index is 12.8. The van der Waals surface area contributed by atoms with Gasteiger partial charge in [-0.2, -0.15) is 18.3 Å². The number of nitrogens with zero attached hydrogens (tertiary/aromatic N) is 2. The number of halogens is 4. The summed E-state index contributed by atoms with van der Waals surface area (Å²) >= 11 is 5.78. The lowest BCUT2D eigenvalue weighted by Crippen LogP contribution is -2.26. The number of hydrogen-bond donors (Lipinski definition) is 1. The summed E-state index contributed by atoms with van der Waals surface area (Å²) in [4.78, 5) is 12.0. The van der Waals surface area contributed by atoms with E-state index < -0.39 is 16.8 Å². The summed E-state index contributed by atoms with van der Waals surface area (Å²) in [6, 6.07) is 3.63. The molecular weight excluding hydrogens is 331 g/mol. The molecule has 1 heterocycles. The van der Waals surface area contributed by atoms with E-state index in [-0.39, 0.29) is 24.4 Å². The van der Waals surface area contributed by atoms with Crippen LogP contribution in [0.1, 0.15) is 22.4 Å². The largest absolute Gasteiger partial charge is 0.417 e. The van der Waals surface area contributed by atoms with Crippen LogP contribution in [0.5, 0.6) is 0 Å². The molecule has 4 nitrogen and oxygen atoms in total. The first-order valence-corrected chi connectivity index (χ1v) is 7.16. The number of rotatable bonds is 4. The van der Waals surface area contributed by atoms with Crippen LogP contribution >= 0.6 is 11.6 Å². The van der Waals surface area contributed by atoms with E-state index in [9.17, 15) is 18.0 Å². The number of aromatic nitrogens is 2. The van der Waals surface area contributed by atoms with Gasteiger partial charge in [-0.1, -0.05) is 23.7 Å². The Morgan fingerprint density at radius 3 is 2.65 bits per heavy atom. The van der Waals surface area contributed by atoms with Crippen molar-refractivity contribution in [1.82, 2.24) is 15.1 Å². The summed E-state index contributed by atoms with van der Waals surface area (Å²) in [5.74, 6) is -0.315. The summed E-state index contributed by atoms with van der Waals surface area (Å²) in [6.07, 6.45) is -2.78. The topological polar surface area (TPSA) is 46.9 Å². The molecule has 0 saturated heterocycles. The van der Waals surface area contributed by atoms with Gasteiger partial charge in [0.15, 0.2) is 0 Å². The molecular formula is C15H15ClF3N3O. The van der Waals surface area contributed by atoms with Gasteiger partial charge in [-0.05, 0) is 24.1 Å². The fourth-order valence-electron chi connectivity index (χ4n) is 2.17. The Balaban J connectivity index is 2.05. The highest BCUT2D eigenvalue weighted by Gasteiger charge is 2.33. The van der Waals surface area contributed by atoms with Crippen molar-refractivity contribution >= 4 is 17.5 Å². The van der Waals surface area contributed by atoms with Crippen molar-refractivity contribution in [3.05, 3.63) is 51.8 Å². The molecule has 0 radical (unpaired) electrons. The third-order valence-corrected chi connectivity index (χ3v) is 3.90. The molecule has 0 unspecified atom stereocenters. The van der Waals surface area contributed by atoms with Crippen molar-refractivity contribution in [2.75, 3.05) is 0 Å². The molecule has 0 bridgehead atoms. The number of alkyl halides is 3. The van der Waals surface area contributed by atoms with Crippen LogP contribution < -0.4 is 5.32 Å². The van der Waals surface area contributed by atoms with Crippen LogP contribution in [0, 0.1) is 6.92 Å². The summed E-state index contributed by atoms with van der Waals surface area (Å²) in [6.45, 7) is 1.76. The first kappa shape index (κ1) is 17.3. The Kier molecular flexibility index (Phi) is 4.99. The van der Waals surface area contributed by atoms with Gasteiger partial charge in [0.05, 0.1) is 28.9 Å². The second kappa shape index (κ2) is 6.62. The minimum Gasteiger partial charge on any atom is -0.352 e. The maximum atomic E-state index is 12.8. The molecule has 0 atom stereocenters. The van der Waals surface area contributed by atoms with Crippen LogP contribution in [-0.4, -0.2) is 15.7 Å². The van der Waals surface area contributed by atoms with Gasteiger partial charge in [0.25, 0.3) is 0 Å². The van der Waals surface area contributed by atoms with E-state index in [0.717, 1.165) is 17.3 Å². The Labute approximate surface area is 136 Å². The van der Waals surface area contributed by atoms with Gasteiger partial charge in [0.2, 0.25) is 5.91 Å². The van der Waals surface area contributed by atoms with Crippen LogP contribution in [0.25, 0.3) is 0 Å². The zero-order chi connectivity index (χ0) is 17.2. The Hall–Kier alpha value is -2.02. The highest BCUT2D eigenvalue weighted by atomic mass is 35.5. The quantitative estimate of drug-likeness (QED) is 0.924. The standard InChI is InChI=1S/C15H15ClF3N3O/c1-9-7-21-22(2)12(9)6-13(23)20-8-10-4-3-5-11(14(10)16)15(17,18)19/h3-5,7H,6,8H2,1-2H3,(H,20,23). The minimum atomic E-state index is -4.52. The van der Waals surface area contributed by atoms with Gasteiger partial charge in [0, 0.05) is 13.6 Å². The van der Waals surface area contributed by atoms with Crippen LogP contribution in [0.2, 0.25) is 5.02 Å². The molecule has 0 aliphatic rings. The average Bonchev–Trinajstić information content (AvgIpc) is 2.77. The molecule has 124 valence electrons. The van der Waals surface area contributed by atoms with Crippen LogP contribution in [0.3, 0.4) is 0 Å². The smallest absolute Gasteiger partial charge is 0.352 e. The SMILES string of the molecule is Cc1cnn(C)c1CC(=O)NCc1cccc(C(F)(F)F)c1Cl. The third-order valence-electron chi connectivity index (χ3n) is 3.46. The van der Waals surface area contributed by atoms with Gasteiger partial charge in [-0.15, -0.1) is 0 Å². The Morgan fingerprint density at radius 1 is 1.39 bits per heavy atom. The van der Waals surface area contributed by atoms with Gasteiger partial charge < -0.3 is 5.32 Å². The first-order chi connectivity index (χ1) is 10.7. The second-order valence-electron chi connectivity index (χ2n) is 5.13. The molecule has 23 heavy (non-hydrogen) atoms. The molecule has 0 saturated carbocycles. The zero-order valence-corrected chi connectivity index (χ0v) is 13.3. The van der Waals surface area contributed by atoms with Crippen molar-refractivity contribution < 1.29 is 18.0 Å². The number of amides is 1. The molecule has 1 N–H and O–H groups in total. The number of nitrogens with one attached hydrogen (secondary N) is 1. The maximum Gasteiger partial charge on any atom is 0.417 e. The summed E-state index contributed by atoms with van der Waals surface area (Å²) in [5, 5.41) is 6.22. The first-order valence-electron chi connectivity index (χ1n) is 6.79. The molecule has 0 fully saturated rings. The summed E-state index contributed by atoms with van der Waals surface area (Å²) in [7, 11) is 1.72. The van der Waals surface area contributed by atoms with Crippen molar-refractivity contribution in [1.29, 1.82) is 0 Å². The van der Waals surface area contributed by atoms with Crippen molar-refractivity contribution in [3.63, 3.8) is 0 Å². The zero-order valence-electron chi connectivity index (χ0n) is 12.5. The van der Waals surface area contributed by atoms with E-state index in [1.54, 1.807) is 17.9 Å². The average molecular weight is 346 g/mol. The van der Waals surface area contributed by atoms with Gasteiger partial charge >= 0.3 is 6.18 Å². The van der Waals surface area contributed by atoms with E-state index >= 15 is 0 Å². The van der Waals surface area contributed by atoms with Gasteiger partial charge in [-0.25, -0.2) is 0 Å². The van der Waals surface area contributed by atoms with E-state index in [1.807, 2.05) is 6.92 Å². The summed E-state index contributed by atoms with van der Waals surface area (Å²) in [5.41, 5.74) is 0.933. The molecule has 1 amide bonds. The normalized spacial score (nSPS) is 11.6. The molecule has 0 spiro atoms. The molecule has 1 aromatic heterocycles. The third kappa shape index (κ3) is 4.04. The van der Waals surface area contributed by atoms with Gasteiger partial charge in [-0.3, -0.25) is 9.48 Å². The van der Waals surface area contributed by atoms with Crippen LogP contribution in [-0.2, 0) is 31.0 Å². The highest BCUT2D eigenvalue weighted by Crippen LogP contribution is 2.36. The molecule has 1 aromatic carbocycles. The van der Waals surface area contributed by atoms with Crippen molar-refractivity contribution in [2.45, 2.75) is 26.1 Å². The van der Waals surface area contributed by atoms with Crippen LogP contribution in [0.15, 0.2) is 24.4 Å². The van der Waals surface area contributed by atoms with Crippen LogP contribution in [0.4, 0.5) is 13.2 Å². The number of aryl methyl sites for hydroxylation is 2. The Morgan fingerprint density at radius 2 is 2.09 bits per heavy atom. The van der Waals surface area contributed by atoms with E-state index in [4.69, 9.17) is 11.6 Å². The molecule has 2 rings (SSSR count). The lowest BCUT2D eigenvalue weighted by molar-refractivity contribution is -0.137. The summed E-state index contributed by atoms with van der Waals surface area (Å²) < 4.78 is 40.0. The lowest BCUT2D eigenvalue weighted by atomic mass is 10.1. The van der Waals surface area contributed by atoms with Gasteiger partial charge in [0.1, 0.15) is 0 Å². The number of hydrogen-bond acceptors (Lipinski definition) is 2. The van der Waals surface area contributed by atoms with E-state index in [2.05, 4.69) is 10.4 Å². The Bertz CT molecular complexity index is 706.